The Morgan fingerprint density at radius 1 is 1.00 bits per heavy atom. The molecule has 2 aromatic carbocycles. The van der Waals surface area contributed by atoms with E-state index in [4.69, 9.17) is 23.8 Å². The second kappa shape index (κ2) is 7.06. The van der Waals surface area contributed by atoms with Crippen LogP contribution < -0.4 is 16.0 Å². The van der Waals surface area contributed by atoms with E-state index in [0.29, 0.717) is 15.8 Å². The molecule has 0 spiro atoms. The minimum Gasteiger partial charge on any atom is -0.332 e. The number of halogens is 1. The zero-order valence-electron chi connectivity index (χ0n) is 11.3. The lowest BCUT2D eigenvalue weighted by Gasteiger charge is -2.12. The highest BCUT2D eigenvalue weighted by molar-refractivity contribution is 7.80. The van der Waals surface area contributed by atoms with Gasteiger partial charge in [-0.15, -0.1) is 0 Å². The van der Waals surface area contributed by atoms with Gasteiger partial charge >= 0.3 is 0 Å². The molecular weight excluding hydrogens is 306 g/mol. The van der Waals surface area contributed by atoms with Gasteiger partial charge in [0.2, 0.25) is 5.91 Å². The summed E-state index contributed by atoms with van der Waals surface area (Å²) in [5.41, 5.74) is 2.20. The minimum absolute atomic E-state index is 0.121. The van der Waals surface area contributed by atoms with Crippen LogP contribution in [-0.2, 0) is 4.79 Å². The molecule has 0 unspecified atom stereocenters. The molecule has 0 atom stereocenters. The van der Waals surface area contributed by atoms with Gasteiger partial charge in [0.05, 0.1) is 10.7 Å². The monoisotopic (exact) mass is 319 g/mol. The summed E-state index contributed by atoms with van der Waals surface area (Å²) in [6, 6.07) is 14.6. The van der Waals surface area contributed by atoms with E-state index in [1.165, 1.54) is 6.92 Å². The van der Waals surface area contributed by atoms with Crippen molar-refractivity contribution in [1.82, 2.24) is 0 Å². The fourth-order valence-corrected chi connectivity index (χ4v) is 2.14. The molecule has 0 aromatic heterocycles. The van der Waals surface area contributed by atoms with Crippen molar-refractivity contribution < 1.29 is 4.79 Å². The number of carbonyl (C=O) groups excluding carboxylic acids is 1. The third-order valence-corrected chi connectivity index (χ3v) is 3.10. The van der Waals surface area contributed by atoms with E-state index in [9.17, 15) is 4.79 Å². The van der Waals surface area contributed by atoms with Crippen molar-refractivity contribution in [2.45, 2.75) is 6.92 Å². The minimum atomic E-state index is -0.121. The fourth-order valence-electron chi connectivity index (χ4n) is 1.73. The van der Waals surface area contributed by atoms with Gasteiger partial charge in [-0.05, 0) is 42.5 Å². The van der Waals surface area contributed by atoms with Crippen molar-refractivity contribution in [3.63, 3.8) is 0 Å². The molecule has 0 radical (unpaired) electrons. The highest BCUT2D eigenvalue weighted by Crippen LogP contribution is 2.21. The van der Waals surface area contributed by atoms with Gasteiger partial charge < -0.3 is 16.0 Å². The number of hydrogen-bond acceptors (Lipinski definition) is 2. The molecule has 6 heteroatoms. The molecule has 0 fully saturated rings. The first-order valence-electron chi connectivity index (χ1n) is 6.25. The Hall–Kier alpha value is -2.11. The lowest BCUT2D eigenvalue weighted by atomic mass is 10.2. The number of para-hydroxylation sites is 1. The number of benzene rings is 2. The van der Waals surface area contributed by atoms with E-state index in [-0.39, 0.29) is 5.91 Å². The molecule has 0 saturated carbocycles. The van der Waals surface area contributed by atoms with E-state index in [0.717, 1.165) is 11.4 Å². The van der Waals surface area contributed by atoms with Gasteiger partial charge in [-0.25, -0.2) is 0 Å². The normalized spacial score (nSPS) is 9.81. The second-order valence-corrected chi connectivity index (χ2v) is 5.14. The Balaban J connectivity index is 2.03. The summed E-state index contributed by atoms with van der Waals surface area (Å²) in [6.07, 6.45) is 0. The predicted molar refractivity (Wildman–Crippen MR) is 92.0 cm³/mol. The van der Waals surface area contributed by atoms with Crippen LogP contribution in [0.1, 0.15) is 6.92 Å². The predicted octanol–water partition coefficient (Wildman–Crippen LogP) is 4.11. The van der Waals surface area contributed by atoms with Crippen LogP contribution in [0.25, 0.3) is 0 Å². The average molecular weight is 320 g/mol. The van der Waals surface area contributed by atoms with Crippen molar-refractivity contribution >= 4 is 51.9 Å². The highest BCUT2D eigenvalue weighted by Gasteiger charge is 2.03. The first-order chi connectivity index (χ1) is 10.0. The topological polar surface area (TPSA) is 53.2 Å². The Morgan fingerprint density at radius 3 is 2.33 bits per heavy atom. The van der Waals surface area contributed by atoms with Crippen LogP contribution in [0, 0.1) is 0 Å². The van der Waals surface area contributed by atoms with Gasteiger partial charge in [-0.3, -0.25) is 4.79 Å². The summed E-state index contributed by atoms with van der Waals surface area (Å²) in [6.45, 7) is 1.46. The van der Waals surface area contributed by atoms with Crippen LogP contribution in [0.15, 0.2) is 48.5 Å². The first kappa shape index (κ1) is 15.3. The Bertz CT molecular complexity index is 675. The van der Waals surface area contributed by atoms with Gasteiger partial charge in [-0.1, -0.05) is 29.8 Å². The highest BCUT2D eigenvalue weighted by atomic mass is 35.5. The van der Waals surface area contributed by atoms with Crippen molar-refractivity contribution in [2.75, 3.05) is 16.0 Å². The maximum absolute atomic E-state index is 11.0. The zero-order valence-corrected chi connectivity index (χ0v) is 12.9. The molecule has 4 nitrogen and oxygen atoms in total. The lowest BCUT2D eigenvalue weighted by molar-refractivity contribution is -0.114. The van der Waals surface area contributed by atoms with Gasteiger partial charge in [0.1, 0.15) is 0 Å². The Labute approximate surface area is 133 Å². The summed E-state index contributed by atoms with van der Waals surface area (Å²) < 4.78 is 0. The van der Waals surface area contributed by atoms with Crippen molar-refractivity contribution in [3.05, 3.63) is 53.6 Å². The molecule has 108 valence electrons. The summed E-state index contributed by atoms with van der Waals surface area (Å²) in [7, 11) is 0. The van der Waals surface area contributed by atoms with Crippen LogP contribution in [0.4, 0.5) is 17.1 Å². The van der Waals surface area contributed by atoms with Crippen LogP contribution in [-0.4, -0.2) is 11.0 Å². The van der Waals surface area contributed by atoms with Gasteiger partial charge in [0.15, 0.2) is 5.11 Å². The number of nitrogens with one attached hydrogen (secondary N) is 3. The molecule has 2 aromatic rings. The number of amides is 1. The van der Waals surface area contributed by atoms with E-state index < -0.39 is 0 Å². The standard InChI is InChI=1S/C15H14ClN3OS/c1-10(20)17-11-5-4-6-12(9-11)18-15(21)19-14-8-3-2-7-13(14)16/h2-9H,1H3,(H,17,20)(H2,18,19,21). The smallest absolute Gasteiger partial charge is 0.221 e. The van der Waals surface area contributed by atoms with Gasteiger partial charge in [0.25, 0.3) is 0 Å². The summed E-state index contributed by atoms with van der Waals surface area (Å²) in [4.78, 5) is 11.0. The van der Waals surface area contributed by atoms with E-state index in [2.05, 4.69) is 16.0 Å². The molecule has 2 rings (SSSR count). The number of hydrogen-bond donors (Lipinski definition) is 3. The maximum atomic E-state index is 11.0. The van der Waals surface area contributed by atoms with E-state index >= 15 is 0 Å². The molecule has 3 N–H and O–H groups in total. The zero-order chi connectivity index (χ0) is 15.2. The second-order valence-electron chi connectivity index (χ2n) is 4.32. The molecule has 0 saturated heterocycles. The number of rotatable bonds is 3. The summed E-state index contributed by atoms with van der Waals surface area (Å²) >= 11 is 11.3. The van der Waals surface area contributed by atoms with Crippen LogP contribution in [0.3, 0.4) is 0 Å². The molecule has 1 amide bonds. The maximum Gasteiger partial charge on any atom is 0.221 e. The number of carbonyl (C=O) groups is 1. The van der Waals surface area contributed by atoms with Crippen LogP contribution in [0.5, 0.6) is 0 Å². The number of thiocarbonyl (C=S) groups is 1. The largest absolute Gasteiger partial charge is 0.332 e. The third-order valence-electron chi connectivity index (χ3n) is 2.56. The van der Waals surface area contributed by atoms with Crippen molar-refractivity contribution in [3.8, 4) is 0 Å². The van der Waals surface area contributed by atoms with Crippen LogP contribution in [0.2, 0.25) is 5.02 Å². The molecule has 0 aliphatic rings. The molecule has 0 aliphatic heterocycles. The molecule has 0 heterocycles. The van der Waals surface area contributed by atoms with Crippen LogP contribution >= 0.6 is 23.8 Å². The number of anilines is 3. The van der Waals surface area contributed by atoms with Gasteiger partial charge in [0, 0.05) is 18.3 Å². The molecular formula is C15H14ClN3OS. The van der Waals surface area contributed by atoms with Gasteiger partial charge in [-0.2, -0.15) is 0 Å². The Morgan fingerprint density at radius 2 is 1.67 bits per heavy atom. The fraction of sp³-hybridized carbons (Fsp3) is 0.0667. The SMILES string of the molecule is CC(=O)Nc1cccc(NC(=S)Nc2ccccc2Cl)c1. The lowest BCUT2D eigenvalue weighted by Crippen LogP contribution is -2.19. The van der Waals surface area contributed by atoms with E-state index in [1.807, 2.05) is 30.3 Å². The Kier molecular flexibility index (Phi) is 5.14. The van der Waals surface area contributed by atoms with E-state index in [1.54, 1.807) is 18.2 Å². The van der Waals surface area contributed by atoms with Crippen molar-refractivity contribution in [2.24, 2.45) is 0 Å². The molecule has 0 aliphatic carbocycles. The van der Waals surface area contributed by atoms with Crippen molar-refractivity contribution in [1.29, 1.82) is 0 Å². The molecule has 0 bridgehead atoms. The summed E-state index contributed by atoms with van der Waals surface area (Å²) in [5, 5.41) is 9.79. The molecule has 21 heavy (non-hydrogen) atoms. The summed E-state index contributed by atoms with van der Waals surface area (Å²) in [5.74, 6) is -0.121. The average Bonchev–Trinajstić information content (AvgIpc) is 2.41. The quantitative estimate of drug-likeness (QED) is 0.745. The third kappa shape index (κ3) is 4.73. The first-order valence-corrected chi connectivity index (χ1v) is 7.03.